The molecule has 0 aromatic heterocycles. The molecular formula is C14H10O3. The summed E-state index contributed by atoms with van der Waals surface area (Å²) in [6.07, 6.45) is 3.06. The Balaban J connectivity index is 0.000000209. The van der Waals surface area contributed by atoms with Gasteiger partial charge in [0.25, 0.3) is 0 Å². The van der Waals surface area contributed by atoms with Gasteiger partial charge in [-0.25, -0.2) is 9.59 Å². The van der Waals surface area contributed by atoms with Crippen LogP contribution in [0.1, 0.15) is 20.7 Å². The molecule has 2 rings (SSSR count). The third-order valence-electron chi connectivity index (χ3n) is 1.84. The number of carbonyl (C=O) groups excluding carboxylic acids is 2. The predicted octanol–water partition coefficient (Wildman–Crippen LogP) is 2.36. The lowest BCUT2D eigenvalue weighted by atomic mass is 10.1. The zero-order chi connectivity index (χ0) is 12.7. The van der Waals surface area contributed by atoms with Gasteiger partial charge in [-0.05, 0) is 24.3 Å². The second-order valence-corrected chi connectivity index (χ2v) is 2.92. The first-order valence-electron chi connectivity index (χ1n) is 4.79. The molecule has 0 aliphatic carbocycles. The molecule has 0 unspecified atom stereocenters. The number of rotatable bonds is 0. The SMILES string of the molecule is C=CC#CC=C.O=C1OC(=O)c2ccccc21. The second-order valence-electron chi connectivity index (χ2n) is 2.92. The zero-order valence-corrected chi connectivity index (χ0v) is 9.10. The van der Waals surface area contributed by atoms with E-state index in [0.29, 0.717) is 11.1 Å². The van der Waals surface area contributed by atoms with Crippen LogP contribution in [0.2, 0.25) is 0 Å². The van der Waals surface area contributed by atoms with Crippen molar-refractivity contribution < 1.29 is 14.3 Å². The molecular weight excluding hydrogens is 216 g/mol. The molecule has 1 aliphatic rings. The maximum atomic E-state index is 10.8. The monoisotopic (exact) mass is 226 g/mol. The fraction of sp³-hybridized carbons (Fsp3) is 0. The number of allylic oxidation sites excluding steroid dienone is 2. The summed E-state index contributed by atoms with van der Waals surface area (Å²) in [6.45, 7) is 6.75. The highest BCUT2D eigenvalue weighted by Gasteiger charge is 2.28. The Hall–Kier alpha value is -2.60. The van der Waals surface area contributed by atoms with E-state index in [2.05, 4.69) is 29.7 Å². The van der Waals surface area contributed by atoms with Gasteiger partial charge in [0.05, 0.1) is 11.1 Å². The van der Waals surface area contributed by atoms with Crippen LogP contribution in [0.3, 0.4) is 0 Å². The zero-order valence-electron chi connectivity index (χ0n) is 9.10. The molecule has 1 aromatic rings. The van der Waals surface area contributed by atoms with Gasteiger partial charge < -0.3 is 4.74 Å². The van der Waals surface area contributed by atoms with Crippen molar-refractivity contribution in [1.82, 2.24) is 0 Å². The van der Waals surface area contributed by atoms with E-state index in [9.17, 15) is 9.59 Å². The summed E-state index contributed by atoms with van der Waals surface area (Å²) in [5.74, 6) is 4.09. The lowest BCUT2D eigenvalue weighted by molar-refractivity contribution is 0.0444. The fourth-order valence-corrected chi connectivity index (χ4v) is 1.15. The average molecular weight is 226 g/mol. The Bertz CT molecular complexity index is 485. The normalized spacial score (nSPS) is 11.1. The van der Waals surface area contributed by atoms with Gasteiger partial charge in [-0.1, -0.05) is 37.1 Å². The molecule has 0 atom stereocenters. The third-order valence-corrected chi connectivity index (χ3v) is 1.84. The van der Waals surface area contributed by atoms with Gasteiger partial charge in [0.2, 0.25) is 0 Å². The van der Waals surface area contributed by atoms with E-state index in [0.717, 1.165) is 0 Å². The molecule has 0 bridgehead atoms. The Labute approximate surface area is 99.4 Å². The Kier molecular flexibility index (Phi) is 4.46. The summed E-state index contributed by atoms with van der Waals surface area (Å²) in [5, 5.41) is 0. The van der Waals surface area contributed by atoms with Crippen LogP contribution >= 0.6 is 0 Å². The molecule has 1 heterocycles. The summed E-state index contributed by atoms with van der Waals surface area (Å²) < 4.78 is 4.35. The number of carbonyl (C=O) groups is 2. The number of ether oxygens (including phenoxy) is 1. The predicted molar refractivity (Wildman–Crippen MR) is 64.4 cm³/mol. The summed E-state index contributed by atoms with van der Waals surface area (Å²) in [4.78, 5) is 21.7. The Morgan fingerprint density at radius 1 is 0.941 bits per heavy atom. The number of esters is 2. The first-order chi connectivity index (χ1) is 8.20. The van der Waals surface area contributed by atoms with Crippen LogP contribution in [0.25, 0.3) is 0 Å². The molecule has 84 valence electrons. The van der Waals surface area contributed by atoms with E-state index < -0.39 is 11.9 Å². The van der Waals surface area contributed by atoms with Gasteiger partial charge in [0.15, 0.2) is 0 Å². The van der Waals surface area contributed by atoms with Gasteiger partial charge in [-0.3, -0.25) is 0 Å². The highest BCUT2D eigenvalue weighted by Crippen LogP contribution is 2.18. The maximum Gasteiger partial charge on any atom is 0.346 e. The van der Waals surface area contributed by atoms with E-state index in [1.807, 2.05) is 0 Å². The van der Waals surface area contributed by atoms with Gasteiger partial charge in [-0.15, -0.1) is 0 Å². The maximum absolute atomic E-state index is 10.8. The van der Waals surface area contributed by atoms with Crippen LogP contribution < -0.4 is 0 Å². The van der Waals surface area contributed by atoms with Crippen LogP contribution in [0, 0.1) is 11.8 Å². The summed E-state index contributed by atoms with van der Waals surface area (Å²) in [7, 11) is 0. The smallest absolute Gasteiger partial charge is 0.346 e. The van der Waals surface area contributed by atoms with Crippen molar-refractivity contribution >= 4 is 11.9 Å². The highest BCUT2D eigenvalue weighted by molar-refractivity contribution is 6.14. The minimum atomic E-state index is -0.550. The Morgan fingerprint density at radius 3 is 1.71 bits per heavy atom. The van der Waals surface area contributed by atoms with Crippen molar-refractivity contribution in [2.75, 3.05) is 0 Å². The number of hydrogen-bond donors (Lipinski definition) is 0. The topological polar surface area (TPSA) is 43.4 Å². The summed E-state index contributed by atoms with van der Waals surface area (Å²) in [5.41, 5.74) is 0.718. The van der Waals surface area contributed by atoms with Crippen LogP contribution in [0.15, 0.2) is 49.6 Å². The van der Waals surface area contributed by atoms with E-state index in [1.165, 1.54) is 12.2 Å². The number of cyclic esters (lactones) is 2. The van der Waals surface area contributed by atoms with E-state index in [4.69, 9.17) is 0 Å². The molecule has 3 nitrogen and oxygen atoms in total. The lowest BCUT2D eigenvalue weighted by Crippen LogP contribution is -1.96. The van der Waals surface area contributed by atoms with Crippen molar-refractivity contribution in [3.8, 4) is 11.8 Å². The van der Waals surface area contributed by atoms with Gasteiger partial charge in [-0.2, -0.15) is 0 Å². The molecule has 0 radical (unpaired) electrons. The quantitative estimate of drug-likeness (QED) is 0.387. The largest absolute Gasteiger partial charge is 0.386 e. The number of benzene rings is 1. The van der Waals surface area contributed by atoms with Gasteiger partial charge >= 0.3 is 11.9 Å². The van der Waals surface area contributed by atoms with Crippen LogP contribution in [0.4, 0.5) is 0 Å². The molecule has 0 saturated carbocycles. The number of hydrogen-bond acceptors (Lipinski definition) is 3. The summed E-state index contributed by atoms with van der Waals surface area (Å²) >= 11 is 0. The fourth-order valence-electron chi connectivity index (χ4n) is 1.15. The van der Waals surface area contributed by atoms with Crippen LogP contribution in [-0.4, -0.2) is 11.9 Å². The molecule has 0 N–H and O–H groups in total. The molecule has 0 fully saturated rings. The molecule has 17 heavy (non-hydrogen) atoms. The molecule has 0 spiro atoms. The molecule has 3 heteroatoms. The van der Waals surface area contributed by atoms with Crippen LogP contribution in [0.5, 0.6) is 0 Å². The van der Waals surface area contributed by atoms with Gasteiger partial charge in [0.1, 0.15) is 0 Å². The van der Waals surface area contributed by atoms with E-state index in [-0.39, 0.29) is 0 Å². The third kappa shape index (κ3) is 3.18. The second kappa shape index (κ2) is 6.09. The standard InChI is InChI=1S/C8H4O3.C6H6/c9-7-5-3-1-2-4-6(5)8(10)11-7;1-3-5-6-4-2/h1-4H;3-4H,1-2H2. The minimum Gasteiger partial charge on any atom is -0.386 e. The average Bonchev–Trinajstić information content (AvgIpc) is 2.64. The molecule has 1 aromatic carbocycles. The van der Waals surface area contributed by atoms with Crippen molar-refractivity contribution in [2.24, 2.45) is 0 Å². The molecule has 0 amide bonds. The van der Waals surface area contributed by atoms with Gasteiger partial charge in [0, 0.05) is 0 Å². The summed E-state index contributed by atoms with van der Waals surface area (Å²) in [6, 6.07) is 6.53. The highest BCUT2D eigenvalue weighted by atomic mass is 16.6. The first-order valence-corrected chi connectivity index (χ1v) is 4.79. The van der Waals surface area contributed by atoms with E-state index >= 15 is 0 Å². The van der Waals surface area contributed by atoms with E-state index in [1.54, 1.807) is 24.3 Å². The number of fused-ring (bicyclic) bond motifs is 1. The lowest BCUT2D eigenvalue weighted by Gasteiger charge is -1.86. The van der Waals surface area contributed by atoms with Crippen molar-refractivity contribution in [3.63, 3.8) is 0 Å². The minimum absolute atomic E-state index is 0.359. The van der Waals surface area contributed by atoms with Crippen molar-refractivity contribution in [1.29, 1.82) is 0 Å². The van der Waals surface area contributed by atoms with Crippen molar-refractivity contribution in [2.45, 2.75) is 0 Å². The molecule has 1 aliphatic heterocycles. The molecule has 0 saturated heterocycles. The van der Waals surface area contributed by atoms with Crippen LogP contribution in [-0.2, 0) is 4.74 Å². The Morgan fingerprint density at radius 2 is 1.35 bits per heavy atom. The first kappa shape index (κ1) is 12.5. The van der Waals surface area contributed by atoms with Crippen molar-refractivity contribution in [3.05, 3.63) is 60.7 Å².